The molecule has 34 heavy (non-hydrogen) atoms. The van der Waals surface area contributed by atoms with Gasteiger partial charge in [-0.1, -0.05) is 51.4 Å². The highest BCUT2D eigenvalue weighted by Gasteiger charge is 2.34. The minimum atomic E-state index is -1.25. The van der Waals surface area contributed by atoms with Crippen LogP contribution in [0.5, 0.6) is 5.88 Å². The number of amides is 1. The smallest absolute Gasteiger partial charge is 0.334 e. The van der Waals surface area contributed by atoms with Gasteiger partial charge < -0.3 is 15.5 Å². The molecule has 3 aliphatic carbocycles. The molecule has 4 rings (SSSR count). The maximum Gasteiger partial charge on any atom is 0.334 e. The van der Waals surface area contributed by atoms with Gasteiger partial charge in [0.15, 0.2) is 5.56 Å². The number of aliphatic carboxylic acids is 1. The lowest BCUT2D eigenvalue weighted by atomic mass is 9.72. The van der Waals surface area contributed by atoms with E-state index in [1.165, 1.54) is 36.7 Å². The number of carboxylic acids is 1. The van der Waals surface area contributed by atoms with E-state index in [0.717, 1.165) is 42.6 Å². The summed E-state index contributed by atoms with van der Waals surface area (Å²) in [4.78, 5) is 50.5. The number of carbonyl (C=O) groups excluding carboxylic acids is 1. The summed E-state index contributed by atoms with van der Waals surface area (Å²) in [6, 6.07) is -0.598. The molecule has 1 amide bonds. The normalized spacial score (nSPS) is 24.6. The van der Waals surface area contributed by atoms with Crippen LogP contribution in [0.4, 0.5) is 0 Å². The average molecular weight is 476 g/mol. The van der Waals surface area contributed by atoms with Gasteiger partial charge in [-0.2, -0.15) is 0 Å². The van der Waals surface area contributed by atoms with Gasteiger partial charge in [-0.3, -0.25) is 23.5 Å². The van der Waals surface area contributed by atoms with Gasteiger partial charge in [0.2, 0.25) is 5.88 Å². The molecular formula is C25H37N3O6. The molecule has 0 atom stereocenters. The number of carboxylic acid groups (broad SMARTS) is 1. The van der Waals surface area contributed by atoms with Crippen molar-refractivity contribution in [1.29, 1.82) is 0 Å². The zero-order valence-electron chi connectivity index (χ0n) is 19.8. The minimum Gasteiger partial charge on any atom is -0.494 e. The first kappa shape index (κ1) is 24.5. The van der Waals surface area contributed by atoms with Gasteiger partial charge in [0.25, 0.3) is 11.5 Å². The van der Waals surface area contributed by atoms with E-state index in [9.17, 15) is 24.3 Å². The first-order valence-corrected chi connectivity index (χ1v) is 13.0. The fourth-order valence-corrected chi connectivity index (χ4v) is 6.50. The van der Waals surface area contributed by atoms with Gasteiger partial charge in [-0.25, -0.2) is 4.79 Å². The summed E-state index contributed by atoms with van der Waals surface area (Å²) in [5.41, 5.74) is -1.91. The summed E-state index contributed by atoms with van der Waals surface area (Å²) >= 11 is 0. The van der Waals surface area contributed by atoms with Crippen molar-refractivity contribution < 1.29 is 19.8 Å². The molecule has 0 bridgehead atoms. The highest BCUT2D eigenvalue weighted by molar-refractivity contribution is 5.97. The molecular weight excluding hydrogens is 438 g/mol. The molecule has 3 N–H and O–H groups in total. The van der Waals surface area contributed by atoms with Gasteiger partial charge in [0.1, 0.15) is 6.54 Å². The van der Waals surface area contributed by atoms with Crippen molar-refractivity contribution in [1.82, 2.24) is 14.5 Å². The van der Waals surface area contributed by atoms with Crippen molar-refractivity contribution in [2.45, 2.75) is 102 Å². The monoisotopic (exact) mass is 475 g/mol. The van der Waals surface area contributed by atoms with Crippen molar-refractivity contribution in [3.8, 4) is 5.88 Å². The first-order valence-electron chi connectivity index (χ1n) is 13.0. The Bertz CT molecular complexity index is 1010. The number of aromatic nitrogens is 2. The molecule has 1 aromatic rings. The fourth-order valence-electron chi connectivity index (χ4n) is 6.50. The molecule has 0 radical (unpaired) electrons. The lowest BCUT2D eigenvalue weighted by Crippen LogP contribution is -2.48. The standard InChI is InChI=1S/C25H37N3O6/c29-20(30)15-26-22(31)21-23(32)27(18-9-5-2-6-10-18)25(34)28(24(21)33)19-13-11-17(12-14-19)16-7-3-1-4-8-16/h16-19,33H,1-15H2,(H,26,31)(H,29,30). The molecule has 3 fully saturated rings. The summed E-state index contributed by atoms with van der Waals surface area (Å²) in [7, 11) is 0. The summed E-state index contributed by atoms with van der Waals surface area (Å²) in [6.07, 6.45) is 13.9. The molecule has 1 aromatic heterocycles. The number of carbonyl (C=O) groups is 2. The van der Waals surface area contributed by atoms with E-state index in [-0.39, 0.29) is 12.1 Å². The molecule has 3 aliphatic rings. The van der Waals surface area contributed by atoms with Crippen molar-refractivity contribution in [2.75, 3.05) is 6.54 Å². The molecule has 0 saturated heterocycles. The van der Waals surface area contributed by atoms with Crippen molar-refractivity contribution in [2.24, 2.45) is 11.8 Å². The van der Waals surface area contributed by atoms with Crippen molar-refractivity contribution >= 4 is 11.9 Å². The number of nitrogens with one attached hydrogen (secondary N) is 1. The number of hydrogen-bond donors (Lipinski definition) is 3. The van der Waals surface area contributed by atoms with Gasteiger partial charge in [-0.05, 0) is 50.4 Å². The van der Waals surface area contributed by atoms with E-state index in [0.29, 0.717) is 31.6 Å². The molecule has 3 saturated carbocycles. The Morgan fingerprint density at radius 3 is 1.88 bits per heavy atom. The fraction of sp³-hybridized carbons (Fsp3) is 0.760. The van der Waals surface area contributed by atoms with Gasteiger partial charge in [-0.15, -0.1) is 0 Å². The van der Waals surface area contributed by atoms with Crippen LogP contribution in [0.3, 0.4) is 0 Å². The quantitative estimate of drug-likeness (QED) is 0.578. The Morgan fingerprint density at radius 2 is 1.29 bits per heavy atom. The Balaban J connectivity index is 1.67. The van der Waals surface area contributed by atoms with E-state index >= 15 is 0 Å². The van der Waals surface area contributed by atoms with Gasteiger partial charge in [0, 0.05) is 12.1 Å². The lowest BCUT2D eigenvalue weighted by Gasteiger charge is -2.37. The predicted molar refractivity (Wildman–Crippen MR) is 126 cm³/mol. The molecule has 0 spiro atoms. The van der Waals surface area contributed by atoms with Crippen molar-refractivity contribution in [3.05, 3.63) is 26.4 Å². The predicted octanol–water partition coefficient (Wildman–Crippen LogP) is 3.35. The van der Waals surface area contributed by atoms with E-state index in [4.69, 9.17) is 5.11 Å². The third-order valence-corrected chi connectivity index (χ3v) is 8.29. The summed E-state index contributed by atoms with van der Waals surface area (Å²) in [5, 5.41) is 22.1. The zero-order chi connectivity index (χ0) is 24.2. The molecule has 0 unspecified atom stereocenters. The molecule has 9 heteroatoms. The van der Waals surface area contributed by atoms with E-state index in [1.54, 1.807) is 0 Å². The van der Waals surface area contributed by atoms with Crippen LogP contribution < -0.4 is 16.6 Å². The SMILES string of the molecule is O=C(O)CNC(=O)c1c(O)n(C2CCC(C3CCCCC3)CC2)c(=O)n(C2CCCCC2)c1=O. The van der Waals surface area contributed by atoms with Gasteiger partial charge >= 0.3 is 11.7 Å². The second-order valence-corrected chi connectivity index (χ2v) is 10.4. The van der Waals surface area contributed by atoms with Crippen molar-refractivity contribution in [3.63, 3.8) is 0 Å². The zero-order valence-corrected chi connectivity index (χ0v) is 19.8. The number of rotatable bonds is 6. The summed E-state index contributed by atoms with van der Waals surface area (Å²) < 4.78 is 2.41. The Morgan fingerprint density at radius 1 is 0.765 bits per heavy atom. The number of nitrogens with zero attached hydrogens (tertiary/aromatic N) is 2. The van der Waals surface area contributed by atoms with E-state index < -0.39 is 41.1 Å². The van der Waals surface area contributed by atoms with Crippen LogP contribution in [0.15, 0.2) is 9.59 Å². The molecule has 188 valence electrons. The van der Waals surface area contributed by atoms with Crippen LogP contribution in [0.1, 0.15) is 112 Å². The van der Waals surface area contributed by atoms with E-state index in [1.807, 2.05) is 0 Å². The number of hydrogen-bond acceptors (Lipinski definition) is 5. The second-order valence-electron chi connectivity index (χ2n) is 10.4. The van der Waals surface area contributed by atoms with Crippen LogP contribution >= 0.6 is 0 Å². The molecule has 1 heterocycles. The third kappa shape index (κ3) is 5.08. The summed E-state index contributed by atoms with van der Waals surface area (Å²) in [5.74, 6) is -1.49. The van der Waals surface area contributed by atoms with Gasteiger partial charge in [0.05, 0.1) is 0 Å². The Labute approximate surface area is 199 Å². The van der Waals surface area contributed by atoms with Crippen LogP contribution in [0.2, 0.25) is 0 Å². The molecule has 0 aromatic carbocycles. The largest absolute Gasteiger partial charge is 0.494 e. The maximum absolute atomic E-state index is 13.6. The average Bonchev–Trinajstić information content (AvgIpc) is 2.84. The highest BCUT2D eigenvalue weighted by Crippen LogP contribution is 2.42. The molecule has 0 aliphatic heterocycles. The minimum absolute atomic E-state index is 0.284. The Hall–Kier alpha value is -2.58. The van der Waals surface area contributed by atoms with Crippen LogP contribution in [-0.2, 0) is 4.79 Å². The number of aromatic hydroxyl groups is 1. The third-order valence-electron chi connectivity index (χ3n) is 8.29. The second kappa shape index (κ2) is 10.8. The first-order chi connectivity index (χ1) is 16.4. The van der Waals surface area contributed by atoms with Crippen LogP contribution in [0.25, 0.3) is 0 Å². The topological polar surface area (TPSA) is 131 Å². The summed E-state index contributed by atoms with van der Waals surface area (Å²) in [6.45, 7) is -0.674. The van der Waals surface area contributed by atoms with E-state index in [2.05, 4.69) is 5.32 Å². The molecule has 9 nitrogen and oxygen atoms in total. The Kier molecular flexibility index (Phi) is 7.78. The lowest BCUT2D eigenvalue weighted by molar-refractivity contribution is -0.135. The van der Waals surface area contributed by atoms with Crippen LogP contribution in [0, 0.1) is 11.8 Å². The van der Waals surface area contributed by atoms with Crippen LogP contribution in [-0.4, -0.2) is 37.8 Å². The highest BCUT2D eigenvalue weighted by atomic mass is 16.4. The maximum atomic E-state index is 13.6.